The predicted octanol–water partition coefficient (Wildman–Crippen LogP) is 5.96. The molecule has 3 N–H and O–H groups in total. The highest BCUT2D eigenvalue weighted by atomic mass is 16.3. The first-order valence-corrected chi connectivity index (χ1v) is 10.2. The Hall–Kier alpha value is -0.0800. The highest BCUT2D eigenvalue weighted by Gasteiger charge is 2.01. The summed E-state index contributed by atoms with van der Waals surface area (Å²) >= 11 is 0. The van der Waals surface area contributed by atoms with Crippen molar-refractivity contribution < 1.29 is 5.11 Å². The van der Waals surface area contributed by atoms with Crippen molar-refractivity contribution in [3.05, 3.63) is 0 Å². The molecule has 22 heavy (non-hydrogen) atoms. The van der Waals surface area contributed by atoms with Gasteiger partial charge in [0.15, 0.2) is 0 Å². The SMILES string of the molecule is CCCCCCCCCCCCCCCCCC(O)CCN. The zero-order chi connectivity index (χ0) is 16.3. The van der Waals surface area contributed by atoms with E-state index in [2.05, 4.69) is 6.92 Å². The summed E-state index contributed by atoms with van der Waals surface area (Å²) < 4.78 is 0. The molecular formula is C20H43NO. The average molecular weight is 314 g/mol. The van der Waals surface area contributed by atoms with E-state index in [-0.39, 0.29) is 6.10 Å². The van der Waals surface area contributed by atoms with Crippen molar-refractivity contribution in [1.82, 2.24) is 0 Å². The molecule has 134 valence electrons. The van der Waals surface area contributed by atoms with Crippen LogP contribution in [0.2, 0.25) is 0 Å². The Morgan fingerprint density at radius 2 is 0.955 bits per heavy atom. The topological polar surface area (TPSA) is 46.2 Å². The highest BCUT2D eigenvalue weighted by Crippen LogP contribution is 2.14. The molecule has 2 heteroatoms. The molecule has 0 bridgehead atoms. The standard InChI is InChI=1S/C20H43NO/c1-2-3-4-5-6-7-8-9-10-11-12-13-14-15-16-17-20(22)18-19-21/h20,22H,2-19,21H2,1H3. The molecule has 0 aromatic heterocycles. The van der Waals surface area contributed by atoms with Crippen LogP contribution in [0.4, 0.5) is 0 Å². The van der Waals surface area contributed by atoms with Crippen LogP contribution in [0.3, 0.4) is 0 Å². The molecule has 0 aliphatic rings. The summed E-state index contributed by atoms with van der Waals surface area (Å²) in [6.07, 6.45) is 22.4. The summed E-state index contributed by atoms with van der Waals surface area (Å²) in [6.45, 7) is 2.89. The van der Waals surface area contributed by atoms with Crippen LogP contribution in [0.5, 0.6) is 0 Å². The predicted molar refractivity (Wildman–Crippen MR) is 99.2 cm³/mol. The Balaban J connectivity index is 3.00. The molecule has 0 saturated heterocycles. The van der Waals surface area contributed by atoms with Crippen LogP contribution in [-0.4, -0.2) is 17.8 Å². The third-order valence-electron chi connectivity index (χ3n) is 4.64. The lowest BCUT2D eigenvalue weighted by Gasteiger charge is -2.08. The largest absolute Gasteiger partial charge is 0.393 e. The van der Waals surface area contributed by atoms with Crippen molar-refractivity contribution in [2.24, 2.45) is 5.73 Å². The van der Waals surface area contributed by atoms with Gasteiger partial charge in [-0.3, -0.25) is 0 Å². The van der Waals surface area contributed by atoms with Crippen molar-refractivity contribution in [3.63, 3.8) is 0 Å². The van der Waals surface area contributed by atoms with Crippen LogP contribution >= 0.6 is 0 Å². The summed E-state index contributed by atoms with van der Waals surface area (Å²) in [5.41, 5.74) is 5.43. The van der Waals surface area contributed by atoms with Crippen molar-refractivity contribution >= 4 is 0 Å². The minimum atomic E-state index is -0.160. The monoisotopic (exact) mass is 313 g/mol. The first-order valence-electron chi connectivity index (χ1n) is 10.2. The molecular weight excluding hydrogens is 270 g/mol. The second kappa shape index (κ2) is 19.0. The fourth-order valence-corrected chi connectivity index (χ4v) is 3.09. The van der Waals surface area contributed by atoms with Gasteiger partial charge in [-0.05, 0) is 19.4 Å². The lowest BCUT2D eigenvalue weighted by Crippen LogP contribution is -2.12. The van der Waals surface area contributed by atoms with E-state index < -0.39 is 0 Å². The van der Waals surface area contributed by atoms with Crippen molar-refractivity contribution in [2.45, 2.75) is 122 Å². The fraction of sp³-hybridized carbons (Fsp3) is 1.00. The molecule has 0 rings (SSSR count). The second-order valence-corrected chi connectivity index (χ2v) is 6.97. The molecule has 1 atom stereocenters. The summed E-state index contributed by atoms with van der Waals surface area (Å²) in [4.78, 5) is 0. The third kappa shape index (κ3) is 18.0. The van der Waals surface area contributed by atoms with E-state index in [4.69, 9.17) is 5.73 Å². The molecule has 0 saturated carbocycles. The molecule has 1 unspecified atom stereocenters. The van der Waals surface area contributed by atoms with Crippen LogP contribution in [-0.2, 0) is 0 Å². The van der Waals surface area contributed by atoms with Crippen LogP contribution in [0.15, 0.2) is 0 Å². The Morgan fingerprint density at radius 1 is 0.591 bits per heavy atom. The van der Waals surface area contributed by atoms with Gasteiger partial charge < -0.3 is 10.8 Å². The van der Waals surface area contributed by atoms with Gasteiger partial charge in [0.1, 0.15) is 0 Å². The summed E-state index contributed by atoms with van der Waals surface area (Å²) in [5.74, 6) is 0. The molecule has 0 aliphatic carbocycles. The minimum absolute atomic E-state index is 0.160. The van der Waals surface area contributed by atoms with E-state index in [1.54, 1.807) is 0 Å². The normalized spacial score (nSPS) is 12.7. The number of unbranched alkanes of at least 4 members (excludes halogenated alkanes) is 14. The average Bonchev–Trinajstić information content (AvgIpc) is 2.51. The van der Waals surface area contributed by atoms with E-state index in [1.807, 2.05) is 0 Å². The fourth-order valence-electron chi connectivity index (χ4n) is 3.09. The van der Waals surface area contributed by atoms with E-state index in [9.17, 15) is 5.11 Å². The van der Waals surface area contributed by atoms with Crippen LogP contribution in [0.25, 0.3) is 0 Å². The molecule has 0 spiro atoms. The van der Waals surface area contributed by atoms with Crippen LogP contribution in [0.1, 0.15) is 116 Å². The molecule has 0 amide bonds. The van der Waals surface area contributed by atoms with Crippen molar-refractivity contribution in [2.75, 3.05) is 6.54 Å². The van der Waals surface area contributed by atoms with Gasteiger partial charge in [-0.25, -0.2) is 0 Å². The molecule has 0 fully saturated rings. The molecule has 0 aliphatic heterocycles. The number of rotatable bonds is 18. The van der Waals surface area contributed by atoms with Gasteiger partial charge in [0, 0.05) is 0 Å². The van der Waals surface area contributed by atoms with Gasteiger partial charge in [0.2, 0.25) is 0 Å². The van der Waals surface area contributed by atoms with E-state index >= 15 is 0 Å². The zero-order valence-electron chi connectivity index (χ0n) is 15.3. The van der Waals surface area contributed by atoms with E-state index in [1.165, 1.54) is 96.3 Å². The summed E-state index contributed by atoms with van der Waals surface area (Å²) in [6, 6.07) is 0. The lowest BCUT2D eigenvalue weighted by atomic mass is 10.0. The van der Waals surface area contributed by atoms with Gasteiger partial charge in [0.05, 0.1) is 6.10 Å². The summed E-state index contributed by atoms with van der Waals surface area (Å²) in [5, 5.41) is 9.57. The highest BCUT2D eigenvalue weighted by molar-refractivity contribution is 4.56. The van der Waals surface area contributed by atoms with Gasteiger partial charge in [-0.1, -0.05) is 103 Å². The Bertz CT molecular complexity index is 196. The Morgan fingerprint density at radius 3 is 1.32 bits per heavy atom. The molecule has 0 heterocycles. The van der Waals surface area contributed by atoms with Gasteiger partial charge in [0.25, 0.3) is 0 Å². The van der Waals surface area contributed by atoms with Crippen LogP contribution < -0.4 is 5.73 Å². The third-order valence-corrected chi connectivity index (χ3v) is 4.64. The second-order valence-electron chi connectivity index (χ2n) is 6.97. The smallest absolute Gasteiger partial charge is 0.0552 e. The molecule has 0 radical (unpaired) electrons. The quantitative estimate of drug-likeness (QED) is 0.307. The first kappa shape index (κ1) is 21.9. The number of aliphatic hydroxyl groups is 1. The number of nitrogens with two attached hydrogens (primary N) is 1. The van der Waals surface area contributed by atoms with Gasteiger partial charge in [-0.2, -0.15) is 0 Å². The lowest BCUT2D eigenvalue weighted by molar-refractivity contribution is 0.153. The Kier molecular flexibility index (Phi) is 18.9. The number of aliphatic hydroxyl groups excluding tert-OH is 1. The van der Waals surface area contributed by atoms with Crippen LogP contribution in [0, 0.1) is 0 Å². The zero-order valence-corrected chi connectivity index (χ0v) is 15.3. The van der Waals surface area contributed by atoms with Gasteiger partial charge in [-0.15, -0.1) is 0 Å². The summed E-state index contributed by atoms with van der Waals surface area (Å²) in [7, 11) is 0. The number of hydrogen-bond acceptors (Lipinski definition) is 2. The minimum Gasteiger partial charge on any atom is -0.393 e. The van der Waals surface area contributed by atoms with Gasteiger partial charge >= 0.3 is 0 Å². The maximum Gasteiger partial charge on any atom is 0.0552 e. The molecule has 0 aromatic rings. The van der Waals surface area contributed by atoms with E-state index in [0.717, 1.165) is 12.8 Å². The van der Waals surface area contributed by atoms with E-state index in [0.29, 0.717) is 6.54 Å². The first-order chi connectivity index (χ1) is 10.8. The Labute approximate surface area is 140 Å². The maximum absolute atomic E-state index is 9.57. The maximum atomic E-state index is 9.57. The van der Waals surface area contributed by atoms with Crippen molar-refractivity contribution in [1.29, 1.82) is 0 Å². The molecule has 2 nitrogen and oxygen atoms in total. The van der Waals surface area contributed by atoms with Crippen molar-refractivity contribution in [3.8, 4) is 0 Å². The molecule has 0 aromatic carbocycles. The number of hydrogen-bond donors (Lipinski definition) is 2.